The van der Waals surface area contributed by atoms with E-state index in [1.807, 2.05) is 0 Å². The number of fused-ring (bicyclic) bond motifs is 1. The third-order valence-electron chi connectivity index (χ3n) is 3.33. The van der Waals surface area contributed by atoms with Gasteiger partial charge in [-0.05, 0) is 37.6 Å². The van der Waals surface area contributed by atoms with Gasteiger partial charge < -0.3 is 10.3 Å². The number of aromatic nitrogens is 2. The molecule has 3 nitrogen and oxygen atoms in total. The van der Waals surface area contributed by atoms with Crippen molar-refractivity contribution in [2.24, 2.45) is 5.41 Å². The number of H-pyrrole nitrogens is 1. The number of imidazole rings is 1. The summed E-state index contributed by atoms with van der Waals surface area (Å²) < 4.78 is 0. The topological polar surface area (TPSA) is 40.7 Å². The molecule has 16 heavy (non-hydrogen) atoms. The van der Waals surface area contributed by atoms with Crippen LogP contribution in [-0.4, -0.2) is 16.5 Å². The van der Waals surface area contributed by atoms with E-state index < -0.39 is 0 Å². The Morgan fingerprint density at radius 3 is 3.00 bits per heavy atom. The molecule has 1 aliphatic carbocycles. The molecule has 0 fully saturated rings. The van der Waals surface area contributed by atoms with Crippen molar-refractivity contribution in [3.05, 3.63) is 17.2 Å². The summed E-state index contributed by atoms with van der Waals surface area (Å²) in [7, 11) is 0. The van der Waals surface area contributed by atoms with Gasteiger partial charge in [-0.1, -0.05) is 20.8 Å². The smallest absolute Gasteiger partial charge is 0.120 e. The molecule has 0 spiro atoms. The molecular weight excluding hydrogens is 198 g/mol. The maximum absolute atomic E-state index is 4.67. The Labute approximate surface area is 98.1 Å². The SMILES string of the molecule is CCCNCc1nc2c([nH]1)CC(C)(C)CC2. The zero-order valence-electron chi connectivity index (χ0n) is 10.7. The monoisotopic (exact) mass is 221 g/mol. The highest BCUT2D eigenvalue weighted by Gasteiger charge is 2.27. The fourth-order valence-corrected chi connectivity index (χ4v) is 2.35. The second-order valence-electron chi connectivity index (χ2n) is 5.63. The Morgan fingerprint density at radius 2 is 2.25 bits per heavy atom. The molecule has 0 bridgehead atoms. The van der Waals surface area contributed by atoms with Crippen LogP contribution >= 0.6 is 0 Å². The van der Waals surface area contributed by atoms with Crippen LogP contribution in [0.3, 0.4) is 0 Å². The van der Waals surface area contributed by atoms with Crippen LogP contribution in [0, 0.1) is 5.41 Å². The highest BCUT2D eigenvalue weighted by atomic mass is 15.0. The van der Waals surface area contributed by atoms with Crippen molar-refractivity contribution >= 4 is 0 Å². The molecule has 0 radical (unpaired) electrons. The zero-order valence-corrected chi connectivity index (χ0v) is 10.7. The van der Waals surface area contributed by atoms with Crippen molar-refractivity contribution < 1.29 is 0 Å². The lowest BCUT2D eigenvalue weighted by Gasteiger charge is -2.28. The summed E-state index contributed by atoms with van der Waals surface area (Å²) in [5, 5.41) is 3.39. The van der Waals surface area contributed by atoms with Gasteiger partial charge in [0.05, 0.1) is 12.2 Å². The van der Waals surface area contributed by atoms with Gasteiger partial charge in [0, 0.05) is 5.69 Å². The minimum absolute atomic E-state index is 0.438. The van der Waals surface area contributed by atoms with Crippen molar-refractivity contribution in [2.45, 2.75) is 53.0 Å². The highest BCUT2D eigenvalue weighted by Crippen LogP contribution is 2.33. The van der Waals surface area contributed by atoms with Crippen LogP contribution in [0.4, 0.5) is 0 Å². The molecule has 1 aromatic rings. The largest absolute Gasteiger partial charge is 0.345 e. The predicted molar refractivity (Wildman–Crippen MR) is 66.4 cm³/mol. The molecule has 1 aromatic heterocycles. The lowest BCUT2D eigenvalue weighted by molar-refractivity contribution is 0.310. The van der Waals surface area contributed by atoms with Crippen molar-refractivity contribution in [3.63, 3.8) is 0 Å². The number of aromatic amines is 1. The van der Waals surface area contributed by atoms with Gasteiger partial charge in [0.25, 0.3) is 0 Å². The predicted octanol–water partition coefficient (Wildman–Crippen LogP) is 2.42. The summed E-state index contributed by atoms with van der Waals surface area (Å²) in [5.74, 6) is 1.11. The Balaban J connectivity index is 2.01. The van der Waals surface area contributed by atoms with E-state index in [9.17, 15) is 0 Å². The van der Waals surface area contributed by atoms with Gasteiger partial charge in [-0.3, -0.25) is 0 Å². The van der Waals surface area contributed by atoms with E-state index in [1.165, 1.54) is 24.2 Å². The van der Waals surface area contributed by atoms with E-state index in [0.717, 1.165) is 31.8 Å². The Kier molecular flexibility index (Phi) is 3.33. The van der Waals surface area contributed by atoms with Gasteiger partial charge in [-0.2, -0.15) is 0 Å². The van der Waals surface area contributed by atoms with Crippen molar-refractivity contribution in [1.82, 2.24) is 15.3 Å². The standard InChI is InChI=1S/C13H23N3/c1-4-7-14-9-12-15-10-5-6-13(2,3)8-11(10)16-12/h14H,4-9H2,1-3H3,(H,15,16). The maximum atomic E-state index is 4.67. The average Bonchev–Trinajstić information content (AvgIpc) is 2.58. The molecule has 0 aromatic carbocycles. The summed E-state index contributed by atoms with van der Waals surface area (Å²) in [6.45, 7) is 8.80. The fraction of sp³-hybridized carbons (Fsp3) is 0.769. The van der Waals surface area contributed by atoms with E-state index in [4.69, 9.17) is 0 Å². The van der Waals surface area contributed by atoms with E-state index in [-0.39, 0.29) is 0 Å². The average molecular weight is 221 g/mol. The summed E-state index contributed by atoms with van der Waals surface area (Å²) in [5.41, 5.74) is 3.10. The molecule has 0 saturated carbocycles. The van der Waals surface area contributed by atoms with Crippen LogP contribution in [0.2, 0.25) is 0 Å². The summed E-state index contributed by atoms with van der Waals surface area (Å²) in [4.78, 5) is 8.14. The fourth-order valence-electron chi connectivity index (χ4n) is 2.35. The molecule has 90 valence electrons. The molecule has 1 aliphatic rings. The van der Waals surface area contributed by atoms with Crippen molar-refractivity contribution in [1.29, 1.82) is 0 Å². The minimum atomic E-state index is 0.438. The molecular formula is C13H23N3. The summed E-state index contributed by atoms with van der Waals surface area (Å²) in [6, 6.07) is 0. The normalized spacial score (nSPS) is 18.4. The number of rotatable bonds is 4. The minimum Gasteiger partial charge on any atom is -0.345 e. The molecule has 0 atom stereocenters. The molecule has 0 aliphatic heterocycles. The Bertz CT molecular complexity index is 352. The first kappa shape index (κ1) is 11.6. The molecule has 3 heteroatoms. The van der Waals surface area contributed by atoms with Gasteiger partial charge in [-0.25, -0.2) is 4.98 Å². The third kappa shape index (κ3) is 2.64. The molecule has 2 N–H and O–H groups in total. The number of hydrogen-bond acceptors (Lipinski definition) is 2. The van der Waals surface area contributed by atoms with Crippen LogP contribution < -0.4 is 5.32 Å². The van der Waals surface area contributed by atoms with Crippen molar-refractivity contribution in [2.75, 3.05) is 6.54 Å². The van der Waals surface area contributed by atoms with Crippen LogP contribution in [0.1, 0.15) is 50.8 Å². The zero-order chi connectivity index (χ0) is 11.6. The van der Waals surface area contributed by atoms with Crippen LogP contribution in [0.5, 0.6) is 0 Å². The third-order valence-corrected chi connectivity index (χ3v) is 3.33. The van der Waals surface area contributed by atoms with Crippen LogP contribution in [-0.2, 0) is 19.4 Å². The van der Waals surface area contributed by atoms with Crippen LogP contribution in [0.15, 0.2) is 0 Å². The second-order valence-corrected chi connectivity index (χ2v) is 5.63. The number of hydrogen-bond donors (Lipinski definition) is 2. The van der Waals surface area contributed by atoms with Crippen LogP contribution in [0.25, 0.3) is 0 Å². The Hall–Kier alpha value is -0.830. The lowest BCUT2D eigenvalue weighted by Crippen LogP contribution is -2.21. The number of nitrogens with zero attached hydrogens (tertiary/aromatic N) is 1. The summed E-state index contributed by atoms with van der Waals surface area (Å²) in [6.07, 6.45) is 4.70. The number of aryl methyl sites for hydroxylation is 1. The molecule has 0 saturated heterocycles. The van der Waals surface area contributed by atoms with E-state index in [1.54, 1.807) is 0 Å². The first-order valence-electron chi connectivity index (χ1n) is 6.38. The van der Waals surface area contributed by atoms with Gasteiger partial charge in [-0.15, -0.1) is 0 Å². The second kappa shape index (κ2) is 4.58. The van der Waals surface area contributed by atoms with E-state index in [2.05, 4.69) is 36.1 Å². The molecule has 0 amide bonds. The first-order chi connectivity index (χ1) is 7.61. The summed E-state index contributed by atoms with van der Waals surface area (Å²) >= 11 is 0. The first-order valence-corrected chi connectivity index (χ1v) is 6.38. The number of nitrogens with one attached hydrogen (secondary N) is 2. The molecule has 2 rings (SSSR count). The lowest BCUT2D eigenvalue weighted by atomic mass is 9.78. The van der Waals surface area contributed by atoms with Gasteiger partial charge in [0.15, 0.2) is 0 Å². The molecule has 0 unspecified atom stereocenters. The quantitative estimate of drug-likeness (QED) is 0.767. The Morgan fingerprint density at radius 1 is 1.44 bits per heavy atom. The van der Waals surface area contributed by atoms with Gasteiger partial charge in [0.2, 0.25) is 0 Å². The molecule has 1 heterocycles. The van der Waals surface area contributed by atoms with Crippen molar-refractivity contribution in [3.8, 4) is 0 Å². The highest BCUT2D eigenvalue weighted by molar-refractivity contribution is 5.20. The van der Waals surface area contributed by atoms with E-state index in [0.29, 0.717) is 5.41 Å². The van der Waals surface area contributed by atoms with Gasteiger partial charge >= 0.3 is 0 Å². The van der Waals surface area contributed by atoms with E-state index >= 15 is 0 Å². The van der Waals surface area contributed by atoms with Gasteiger partial charge in [0.1, 0.15) is 5.82 Å². The maximum Gasteiger partial charge on any atom is 0.120 e.